The Hall–Kier alpha value is -0.900. The van der Waals surface area contributed by atoms with Crippen molar-refractivity contribution in [2.45, 2.75) is 31.9 Å². The lowest BCUT2D eigenvalue weighted by Gasteiger charge is -2.23. The minimum absolute atomic E-state index is 0.0824. The number of hydrogen-bond acceptors (Lipinski definition) is 3. The van der Waals surface area contributed by atoms with Crippen LogP contribution in [0.2, 0.25) is 0 Å². The zero-order chi connectivity index (χ0) is 11.4. The maximum absolute atomic E-state index is 9.19. The first-order valence-electron chi connectivity index (χ1n) is 5.98. The molecule has 1 heterocycles. The summed E-state index contributed by atoms with van der Waals surface area (Å²) in [4.78, 5) is 0. The van der Waals surface area contributed by atoms with Gasteiger partial charge in [-0.25, -0.2) is 0 Å². The second-order valence-corrected chi connectivity index (χ2v) is 4.41. The van der Waals surface area contributed by atoms with Gasteiger partial charge in [0.25, 0.3) is 0 Å². The van der Waals surface area contributed by atoms with E-state index in [-0.39, 0.29) is 6.61 Å². The Labute approximate surface area is 96.7 Å². The van der Waals surface area contributed by atoms with Gasteiger partial charge in [0, 0.05) is 6.54 Å². The Bertz CT molecular complexity index is 346. The zero-order valence-electron chi connectivity index (χ0n) is 9.58. The molecule has 1 fully saturated rings. The van der Waals surface area contributed by atoms with E-state index in [2.05, 4.69) is 17.4 Å². The number of nitrogens with one attached hydrogen (secondary N) is 1. The maximum Gasteiger partial charge on any atom is 0.0685 e. The molecule has 0 spiro atoms. The lowest BCUT2D eigenvalue weighted by atomic mass is 9.88. The number of benzene rings is 1. The lowest BCUT2D eigenvalue weighted by Crippen LogP contribution is -2.26. The fourth-order valence-electron chi connectivity index (χ4n) is 2.40. The highest BCUT2D eigenvalue weighted by Crippen LogP contribution is 2.26. The van der Waals surface area contributed by atoms with Crippen LogP contribution in [0.1, 0.15) is 35.4 Å². The minimum Gasteiger partial charge on any atom is -0.392 e. The lowest BCUT2D eigenvalue weighted by molar-refractivity contribution is 0.280. The Balaban J connectivity index is 2.20. The third kappa shape index (κ3) is 2.43. The number of rotatable bonds is 3. The molecule has 0 aliphatic carbocycles. The van der Waals surface area contributed by atoms with Gasteiger partial charge in [0.05, 0.1) is 6.61 Å². The van der Waals surface area contributed by atoms with Crippen molar-refractivity contribution < 1.29 is 5.11 Å². The number of aliphatic hydroxyl groups excluding tert-OH is 1. The molecule has 16 heavy (non-hydrogen) atoms. The van der Waals surface area contributed by atoms with Gasteiger partial charge in [-0.2, -0.15) is 0 Å². The van der Waals surface area contributed by atoms with Gasteiger partial charge in [0.15, 0.2) is 0 Å². The molecule has 4 N–H and O–H groups in total. The van der Waals surface area contributed by atoms with E-state index >= 15 is 0 Å². The van der Waals surface area contributed by atoms with Crippen LogP contribution >= 0.6 is 0 Å². The molecular formula is C13H20N2O. The highest BCUT2D eigenvalue weighted by Gasteiger charge is 2.15. The van der Waals surface area contributed by atoms with Crippen molar-refractivity contribution in [2.75, 3.05) is 13.1 Å². The van der Waals surface area contributed by atoms with Crippen molar-refractivity contribution >= 4 is 0 Å². The molecule has 0 saturated carbocycles. The average Bonchev–Trinajstić information content (AvgIpc) is 2.39. The van der Waals surface area contributed by atoms with Crippen molar-refractivity contribution in [2.24, 2.45) is 5.73 Å². The predicted octanol–water partition coefficient (Wildman–Crippen LogP) is 1.10. The van der Waals surface area contributed by atoms with E-state index in [1.165, 1.54) is 18.4 Å². The molecule has 0 radical (unpaired) electrons. The van der Waals surface area contributed by atoms with Crippen LogP contribution in [0.5, 0.6) is 0 Å². The summed E-state index contributed by atoms with van der Waals surface area (Å²) in [6.45, 7) is 2.79. The molecule has 3 heteroatoms. The Kier molecular flexibility index (Phi) is 3.93. The van der Waals surface area contributed by atoms with Crippen molar-refractivity contribution in [3.63, 3.8) is 0 Å². The molecule has 1 aliphatic heterocycles. The van der Waals surface area contributed by atoms with Crippen molar-refractivity contribution in [3.8, 4) is 0 Å². The van der Waals surface area contributed by atoms with E-state index in [1.807, 2.05) is 6.07 Å². The molecule has 1 saturated heterocycles. The minimum atomic E-state index is 0.0824. The second-order valence-electron chi connectivity index (χ2n) is 4.41. The standard InChI is InChI=1S/C13H20N2O/c14-8-13-7-11(1-2-12(13)9-16)10-3-5-15-6-4-10/h1-2,7,10,15-16H,3-6,8-9,14H2. The SMILES string of the molecule is NCc1cc(C2CCNCC2)ccc1CO. The summed E-state index contributed by atoms with van der Waals surface area (Å²) in [5.74, 6) is 0.652. The first-order chi connectivity index (χ1) is 7.85. The summed E-state index contributed by atoms with van der Waals surface area (Å²) in [6, 6.07) is 6.32. The van der Waals surface area contributed by atoms with Crippen LogP contribution in [0.3, 0.4) is 0 Å². The molecule has 0 atom stereocenters. The first kappa shape index (κ1) is 11.6. The Morgan fingerprint density at radius 2 is 2.00 bits per heavy atom. The molecule has 0 unspecified atom stereocenters. The quantitative estimate of drug-likeness (QED) is 0.715. The van der Waals surface area contributed by atoms with Crippen molar-refractivity contribution in [1.29, 1.82) is 0 Å². The molecule has 2 rings (SSSR count). The van der Waals surface area contributed by atoms with Gasteiger partial charge in [-0.1, -0.05) is 18.2 Å². The summed E-state index contributed by atoms with van der Waals surface area (Å²) in [6.07, 6.45) is 2.39. The third-order valence-corrected chi connectivity index (χ3v) is 3.43. The third-order valence-electron chi connectivity index (χ3n) is 3.43. The van der Waals surface area contributed by atoms with Crippen LogP contribution in [0.15, 0.2) is 18.2 Å². The smallest absolute Gasteiger partial charge is 0.0685 e. The average molecular weight is 220 g/mol. The number of nitrogens with two attached hydrogens (primary N) is 1. The van der Waals surface area contributed by atoms with E-state index in [9.17, 15) is 5.11 Å². The van der Waals surface area contributed by atoms with Gasteiger partial charge >= 0.3 is 0 Å². The highest BCUT2D eigenvalue weighted by molar-refractivity contribution is 5.33. The molecule has 3 nitrogen and oxygen atoms in total. The Morgan fingerprint density at radius 3 is 2.62 bits per heavy atom. The first-order valence-corrected chi connectivity index (χ1v) is 5.98. The summed E-state index contributed by atoms with van der Waals surface area (Å²) in [7, 11) is 0. The number of piperidine rings is 1. The molecule has 0 aromatic heterocycles. The molecule has 88 valence electrons. The largest absolute Gasteiger partial charge is 0.392 e. The van der Waals surface area contributed by atoms with E-state index in [4.69, 9.17) is 5.73 Å². The maximum atomic E-state index is 9.19. The van der Waals surface area contributed by atoms with Gasteiger partial charge in [-0.05, 0) is 48.5 Å². The molecule has 1 aromatic rings. The fourth-order valence-corrected chi connectivity index (χ4v) is 2.40. The van der Waals surface area contributed by atoms with Crippen molar-refractivity contribution in [3.05, 3.63) is 34.9 Å². The summed E-state index contributed by atoms with van der Waals surface area (Å²) in [5.41, 5.74) is 9.12. The summed E-state index contributed by atoms with van der Waals surface area (Å²) < 4.78 is 0. The van der Waals surface area contributed by atoms with Gasteiger partial charge < -0.3 is 16.2 Å². The highest BCUT2D eigenvalue weighted by atomic mass is 16.3. The van der Waals surface area contributed by atoms with E-state index < -0.39 is 0 Å². The van der Waals surface area contributed by atoms with Gasteiger partial charge in [0.2, 0.25) is 0 Å². The van der Waals surface area contributed by atoms with Gasteiger partial charge in [-0.3, -0.25) is 0 Å². The van der Waals surface area contributed by atoms with Gasteiger partial charge in [-0.15, -0.1) is 0 Å². The monoisotopic (exact) mass is 220 g/mol. The summed E-state index contributed by atoms with van der Waals surface area (Å²) >= 11 is 0. The Morgan fingerprint density at radius 1 is 1.25 bits per heavy atom. The second kappa shape index (κ2) is 5.43. The van der Waals surface area contributed by atoms with E-state index in [0.29, 0.717) is 12.5 Å². The normalized spacial score (nSPS) is 17.6. The van der Waals surface area contributed by atoms with Crippen LogP contribution < -0.4 is 11.1 Å². The number of aliphatic hydroxyl groups is 1. The zero-order valence-corrected chi connectivity index (χ0v) is 9.58. The number of hydrogen-bond donors (Lipinski definition) is 3. The van der Waals surface area contributed by atoms with E-state index in [1.54, 1.807) is 0 Å². The molecule has 1 aliphatic rings. The van der Waals surface area contributed by atoms with Gasteiger partial charge in [0.1, 0.15) is 0 Å². The van der Waals surface area contributed by atoms with Crippen LogP contribution in [0.4, 0.5) is 0 Å². The molecular weight excluding hydrogens is 200 g/mol. The van der Waals surface area contributed by atoms with Crippen LogP contribution in [-0.2, 0) is 13.2 Å². The molecule has 0 bridgehead atoms. The summed E-state index contributed by atoms with van der Waals surface area (Å²) in [5, 5.41) is 12.6. The van der Waals surface area contributed by atoms with Crippen LogP contribution in [0, 0.1) is 0 Å². The predicted molar refractivity (Wildman–Crippen MR) is 65.1 cm³/mol. The fraction of sp³-hybridized carbons (Fsp3) is 0.538. The van der Waals surface area contributed by atoms with Crippen LogP contribution in [-0.4, -0.2) is 18.2 Å². The van der Waals surface area contributed by atoms with Crippen LogP contribution in [0.25, 0.3) is 0 Å². The topological polar surface area (TPSA) is 58.3 Å². The van der Waals surface area contributed by atoms with Crippen molar-refractivity contribution in [1.82, 2.24) is 5.32 Å². The van der Waals surface area contributed by atoms with E-state index in [0.717, 1.165) is 24.2 Å². The molecule has 0 amide bonds. The molecule has 1 aromatic carbocycles.